The van der Waals surface area contributed by atoms with Gasteiger partial charge in [0.05, 0.1) is 24.7 Å². The van der Waals surface area contributed by atoms with Crippen LogP contribution in [-0.2, 0) is 19.1 Å². The normalized spacial score (nSPS) is 17.2. The number of anilines is 2. The maximum absolute atomic E-state index is 12.5. The molecule has 0 aromatic heterocycles. The first kappa shape index (κ1) is 27.5. The van der Waals surface area contributed by atoms with Crippen LogP contribution in [0.2, 0.25) is 0 Å². The van der Waals surface area contributed by atoms with Gasteiger partial charge in [0.2, 0.25) is 0 Å². The minimum absolute atomic E-state index is 0.0603. The number of rotatable bonds is 11. The number of hydrogen-bond donors (Lipinski definition) is 2. The minimum Gasteiger partial charge on any atom is -0.462 e. The largest absolute Gasteiger partial charge is 0.462 e. The van der Waals surface area contributed by atoms with Gasteiger partial charge in [0, 0.05) is 23.9 Å². The summed E-state index contributed by atoms with van der Waals surface area (Å²) in [6.45, 7) is 3.97. The highest BCUT2D eigenvalue weighted by Crippen LogP contribution is 2.32. The number of ether oxygens (including phenoxy) is 3. The van der Waals surface area contributed by atoms with Crippen LogP contribution in [0.5, 0.6) is 5.75 Å². The zero-order valence-electron chi connectivity index (χ0n) is 20.9. The molecule has 0 aliphatic heterocycles. The highest BCUT2D eigenvalue weighted by molar-refractivity contribution is 5.91. The number of nitrogens with two attached hydrogens (primary N) is 2. The maximum Gasteiger partial charge on any atom is 0.338 e. The first-order valence-corrected chi connectivity index (χ1v) is 12.4. The Morgan fingerprint density at radius 2 is 1.57 bits per heavy atom. The summed E-state index contributed by atoms with van der Waals surface area (Å²) >= 11 is 0. The van der Waals surface area contributed by atoms with Crippen LogP contribution in [0.3, 0.4) is 0 Å². The van der Waals surface area contributed by atoms with E-state index >= 15 is 0 Å². The molecular formula is C29H34N2O6. The monoisotopic (exact) mass is 506 g/mol. The van der Waals surface area contributed by atoms with Crippen LogP contribution in [0.1, 0.15) is 54.4 Å². The Labute approximate surface area is 217 Å². The summed E-state index contributed by atoms with van der Waals surface area (Å²) < 4.78 is 15.8. The van der Waals surface area contributed by atoms with Gasteiger partial charge in [0.25, 0.3) is 0 Å². The molecule has 0 radical (unpaired) electrons. The zero-order valence-corrected chi connectivity index (χ0v) is 20.9. The molecule has 2 aromatic carbocycles. The molecule has 0 unspecified atom stereocenters. The van der Waals surface area contributed by atoms with E-state index in [0.29, 0.717) is 29.5 Å². The Balaban J connectivity index is 1.33. The van der Waals surface area contributed by atoms with Gasteiger partial charge >= 0.3 is 17.9 Å². The van der Waals surface area contributed by atoms with Gasteiger partial charge in [0.1, 0.15) is 5.75 Å². The second-order valence-electron chi connectivity index (χ2n) is 9.11. The maximum atomic E-state index is 12.5. The van der Waals surface area contributed by atoms with E-state index in [2.05, 4.69) is 6.58 Å². The molecule has 1 aliphatic carbocycles. The third-order valence-electron chi connectivity index (χ3n) is 6.17. The first-order chi connectivity index (χ1) is 17.8. The second-order valence-corrected chi connectivity index (χ2v) is 9.11. The van der Waals surface area contributed by atoms with E-state index < -0.39 is 11.9 Å². The summed E-state index contributed by atoms with van der Waals surface area (Å²) in [6.07, 6.45) is 9.95. The molecule has 0 amide bonds. The molecule has 3 rings (SSSR count). The number of esters is 3. The molecule has 1 aliphatic rings. The zero-order chi connectivity index (χ0) is 26.6. The highest BCUT2D eigenvalue weighted by Gasteiger charge is 2.27. The minimum atomic E-state index is -0.546. The Bertz CT molecular complexity index is 1100. The van der Waals surface area contributed by atoms with Gasteiger partial charge in [-0.25, -0.2) is 9.59 Å². The average molecular weight is 507 g/mol. The van der Waals surface area contributed by atoms with Crippen molar-refractivity contribution in [3.05, 3.63) is 72.3 Å². The lowest BCUT2D eigenvalue weighted by Crippen LogP contribution is -2.25. The molecule has 4 N–H and O–H groups in total. The summed E-state index contributed by atoms with van der Waals surface area (Å²) in [7, 11) is 0. The van der Waals surface area contributed by atoms with Gasteiger partial charge in [-0.3, -0.25) is 4.79 Å². The van der Waals surface area contributed by atoms with Crippen molar-refractivity contribution in [3.63, 3.8) is 0 Å². The van der Waals surface area contributed by atoms with Crippen LogP contribution in [0.15, 0.2) is 61.2 Å². The van der Waals surface area contributed by atoms with Crippen LogP contribution >= 0.6 is 0 Å². The Kier molecular flexibility index (Phi) is 10.3. The number of benzene rings is 2. The molecule has 2 aromatic rings. The molecule has 37 heavy (non-hydrogen) atoms. The van der Waals surface area contributed by atoms with Crippen molar-refractivity contribution in [2.75, 3.05) is 24.7 Å². The Morgan fingerprint density at radius 3 is 2.22 bits per heavy atom. The fourth-order valence-corrected chi connectivity index (χ4v) is 4.20. The molecule has 1 fully saturated rings. The van der Waals surface area contributed by atoms with Crippen molar-refractivity contribution in [3.8, 4) is 5.75 Å². The van der Waals surface area contributed by atoms with Crippen LogP contribution in [0.4, 0.5) is 11.4 Å². The lowest BCUT2D eigenvalue weighted by Gasteiger charge is -2.26. The number of carbonyl (C=O) groups excluding carboxylic acids is 3. The van der Waals surface area contributed by atoms with E-state index in [1.54, 1.807) is 36.4 Å². The smallest absolute Gasteiger partial charge is 0.338 e. The molecule has 0 bridgehead atoms. The average Bonchev–Trinajstić information content (AvgIpc) is 2.88. The van der Waals surface area contributed by atoms with E-state index in [0.717, 1.165) is 37.7 Å². The van der Waals surface area contributed by atoms with Gasteiger partial charge in [-0.05, 0) is 80.0 Å². The van der Waals surface area contributed by atoms with Crippen molar-refractivity contribution in [1.29, 1.82) is 0 Å². The van der Waals surface area contributed by atoms with Crippen LogP contribution in [0.25, 0.3) is 6.08 Å². The molecule has 8 nitrogen and oxygen atoms in total. The van der Waals surface area contributed by atoms with E-state index in [9.17, 15) is 14.4 Å². The molecule has 1 saturated carbocycles. The van der Waals surface area contributed by atoms with E-state index in [4.69, 9.17) is 25.7 Å². The number of allylic oxidation sites excluding steroid dienone is 1. The van der Waals surface area contributed by atoms with E-state index in [1.165, 1.54) is 18.2 Å². The van der Waals surface area contributed by atoms with Crippen LogP contribution in [0, 0.1) is 11.8 Å². The third kappa shape index (κ3) is 9.14. The topological polar surface area (TPSA) is 131 Å². The lowest BCUT2D eigenvalue weighted by atomic mass is 9.80. The second kappa shape index (κ2) is 13.9. The van der Waals surface area contributed by atoms with Crippen molar-refractivity contribution in [2.24, 2.45) is 11.8 Å². The number of nitrogen functional groups attached to an aromatic ring is 2. The van der Waals surface area contributed by atoms with Gasteiger partial charge < -0.3 is 25.7 Å². The van der Waals surface area contributed by atoms with Gasteiger partial charge in [-0.2, -0.15) is 0 Å². The molecule has 0 heterocycles. The van der Waals surface area contributed by atoms with Crippen molar-refractivity contribution in [2.45, 2.75) is 38.5 Å². The van der Waals surface area contributed by atoms with Gasteiger partial charge in [-0.1, -0.05) is 18.2 Å². The van der Waals surface area contributed by atoms with Crippen molar-refractivity contribution in [1.82, 2.24) is 0 Å². The van der Waals surface area contributed by atoms with Crippen molar-refractivity contribution >= 4 is 35.4 Å². The lowest BCUT2D eigenvalue weighted by molar-refractivity contribution is -0.140. The molecule has 0 atom stereocenters. The summed E-state index contributed by atoms with van der Waals surface area (Å²) in [5.41, 5.74) is 13.1. The molecular weight excluding hydrogens is 472 g/mol. The SMILES string of the molecule is C=CCC1CCC(C(=O)Oc2ccc(/C=C/C(=O)OCCCOC(=O)c3cc(N)cc(N)c3)cc2)CC1. The number of hydrogen-bond acceptors (Lipinski definition) is 8. The third-order valence-corrected chi connectivity index (χ3v) is 6.17. The standard InChI is InChI=1S/C29H34N2O6/c1-2-4-20-5-10-22(11-6-20)29(34)37-26-12-7-21(8-13-26)9-14-27(32)35-15-3-16-36-28(33)23-17-24(30)19-25(31)18-23/h2,7-9,12-14,17-20,22H,1,3-6,10-11,15-16,30-31H2/b14-9+. The van der Waals surface area contributed by atoms with E-state index in [1.807, 2.05) is 6.08 Å². The fourth-order valence-electron chi connectivity index (χ4n) is 4.20. The Morgan fingerprint density at radius 1 is 0.919 bits per heavy atom. The summed E-state index contributed by atoms with van der Waals surface area (Å²) in [5.74, 6) is -0.209. The fraction of sp³-hybridized carbons (Fsp3) is 0.345. The van der Waals surface area contributed by atoms with Gasteiger partial charge in [0.15, 0.2) is 0 Å². The summed E-state index contributed by atoms with van der Waals surface area (Å²) in [6, 6.07) is 11.4. The molecule has 0 saturated heterocycles. The van der Waals surface area contributed by atoms with Crippen LogP contribution in [-0.4, -0.2) is 31.1 Å². The summed E-state index contributed by atoms with van der Waals surface area (Å²) in [4.78, 5) is 36.4. The predicted octanol–water partition coefficient (Wildman–Crippen LogP) is 4.94. The Hall–Kier alpha value is -4.07. The first-order valence-electron chi connectivity index (χ1n) is 12.4. The predicted molar refractivity (Wildman–Crippen MR) is 142 cm³/mol. The van der Waals surface area contributed by atoms with Crippen molar-refractivity contribution < 1.29 is 28.6 Å². The quantitative estimate of drug-likeness (QED) is 0.109. The molecule has 8 heteroatoms. The van der Waals surface area contributed by atoms with E-state index in [-0.39, 0.29) is 30.7 Å². The van der Waals surface area contributed by atoms with Crippen LogP contribution < -0.4 is 16.2 Å². The molecule has 196 valence electrons. The molecule has 0 spiro atoms. The summed E-state index contributed by atoms with van der Waals surface area (Å²) in [5, 5.41) is 0. The van der Waals surface area contributed by atoms with Gasteiger partial charge in [-0.15, -0.1) is 6.58 Å². The number of carbonyl (C=O) groups is 3. The highest BCUT2D eigenvalue weighted by atomic mass is 16.5.